The maximum atomic E-state index is 3.29. The van der Waals surface area contributed by atoms with Crippen molar-refractivity contribution in [3.8, 4) is 0 Å². The predicted molar refractivity (Wildman–Crippen MR) is 89.8 cm³/mol. The molecule has 0 amide bonds. The Morgan fingerprint density at radius 1 is 1.19 bits per heavy atom. The van der Waals surface area contributed by atoms with Crippen LogP contribution in [-0.4, -0.2) is 30.1 Å². The Hall–Kier alpha value is -1.32. The van der Waals surface area contributed by atoms with Crippen LogP contribution >= 0.6 is 0 Å². The molecule has 0 saturated heterocycles. The van der Waals surface area contributed by atoms with Gasteiger partial charge in [-0.3, -0.25) is 4.90 Å². The van der Waals surface area contributed by atoms with Crippen LogP contribution in [0.4, 0.5) is 0 Å². The molecule has 1 aliphatic rings. The third-order valence-corrected chi connectivity index (χ3v) is 4.73. The van der Waals surface area contributed by atoms with Crippen LogP contribution in [0.2, 0.25) is 0 Å². The molecule has 0 atom stereocenters. The first-order valence-electron chi connectivity index (χ1n) is 8.12. The highest BCUT2D eigenvalue weighted by Gasteiger charge is 2.20. The summed E-state index contributed by atoms with van der Waals surface area (Å²) in [7, 11) is 4.24. The highest BCUT2D eigenvalue weighted by Crippen LogP contribution is 2.32. The zero-order valence-corrected chi connectivity index (χ0v) is 13.8. The van der Waals surface area contributed by atoms with E-state index in [0.717, 1.165) is 32.6 Å². The molecule has 1 aliphatic heterocycles. The van der Waals surface area contributed by atoms with Gasteiger partial charge in [-0.25, -0.2) is 0 Å². The second-order valence-corrected chi connectivity index (χ2v) is 6.38. The summed E-state index contributed by atoms with van der Waals surface area (Å²) >= 11 is 0. The average Bonchev–Trinajstić information content (AvgIpc) is 2.93. The smallest absolute Gasteiger partial charge is 0.0488 e. The Kier molecular flexibility index (Phi) is 4.05. The second kappa shape index (κ2) is 5.82. The number of aryl methyl sites for hydroxylation is 1. The van der Waals surface area contributed by atoms with E-state index in [9.17, 15) is 0 Å². The van der Waals surface area contributed by atoms with E-state index >= 15 is 0 Å². The summed E-state index contributed by atoms with van der Waals surface area (Å²) in [5.74, 6) is 0. The normalized spacial score (nSPS) is 15.0. The van der Waals surface area contributed by atoms with Gasteiger partial charge in [0.05, 0.1) is 0 Å². The molecule has 0 aliphatic carbocycles. The minimum atomic E-state index is 1.04. The molecule has 2 heterocycles. The lowest BCUT2D eigenvalue weighted by Crippen LogP contribution is -2.11. The zero-order chi connectivity index (χ0) is 15.0. The number of aromatic nitrogens is 1. The molecule has 3 rings (SSSR count). The SMILES string of the molecule is CCCn1c(C)c(CCNC)c2cc3c(cc21)CN(C)C3. The van der Waals surface area contributed by atoms with Gasteiger partial charge in [0.1, 0.15) is 0 Å². The summed E-state index contributed by atoms with van der Waals surface area (Å²) in [6, 6.07) is 4.90. The Labute approximate surface area is 127 Å². The fraction of sp³-hybridized carbons (Fsp3) is 0.556. The maximum absolute atomic E-state index is 3.29. The summed E-state index contributed by atoms with van der Waals surface area (Å²) in [5, 5.41) is 4.77. The van der Waals surface area contributed by atoms with E-state index < -0.39 is 0 Å². The van der Waals surface area contributed by atoms with Crippen molar-refractivity contribution in [1.29, 1.82) is 0 Å². The van der Waals surface area contributed by atoms with Crippen molar-refractivity contribution in [1.82, 2.24) is 14.8 Å². The molecule has 0 saturated carbocycles. The lowest BCUT2D eigenvalue weighted by Gasteiger charge is -2.07. The van der Waals surface area contributed by atoms with Crippen molar-refractivity contribution in [2.45, 2.75) is 46.3 Å². The van der Waals surface area contributed by atoms with E-state index in [2.05, 4.69) is 47.8 Å². The molecule has 1 N–H and O–H groups in total. The van der Waals surface area contributed by atoms with Gasteiger partial charge in [0.25, 0.3) is 0 Å². The largest absolute Gasteiger partial charge is 0.345 e. The number of nitrogens with one attached hydrogen (secondary N) is 1. The lowest BCUT2D eigenvalue weighted by molar-refractivity contribution is 0.353. The van der Waals surface area contributed by atoms with Gasteiger partial charge in [-0.2, -0.15) is 0 Å². The van der Waals surface area contributed by atoms with E-state index in [1.807, 2.05) is 7.05 Å². The maximum Gasteiger partial charge on any atom is 0.0488 e. The fourth-order valence-electron chi connectivity index (χ4n) is 3.69. The Morgan fingerprint density at radius 2 is 1.90 bits per heavy atom. The van der Waals surface area contributed by atoms with E-state index in [-0.39, 0.29) is 0 Å². The molecule has 114 valence electrons. The van der Waals surface area contributed by atoms with Gasteiger partial charge in [0, 0.05) is 36.2 Å². The molecular weight excluding hydrogens is 258 g/mol. The third kappa shape index (κ3) is 2.49. The molecule has 1 aromatic carbocycles. The topological polar surface area (TPSA) is 20.2 Å². The van der Waals surface area contributed by atoms with Gasteiger partial charge in [-0.05, 0) is 69.2 Å². The minimum Gasteiger partial charge on any atom is -0.345 e. The molecule has 2 aromatic rings. The molecule has 0 spiro atoms. The van der Waals surface area contributed by atoms with Crippen LogP contribution in [0.5, 0.6) is 0 Å². The molecular formula is C18H27N3. The fourth-order valence-corrected chi connectivity index (χ4v) is 3.69. The Balaban J connectivity index is 2.16. The van der Waals surface area contributed by atoms with Crippen LogP contribution in [0.1, 0.15) is 35.7 Å². The van der Waals surface area contributed by atoms with Crippen molar-refractivity contribution in [3.05, 3.63) is 34.5 Å². The highest BCUT2D eigenvalue weighted by atomic mass is 15.1. The van der Waals surface area contributed by atoms with Gasteiger partial charge >= 0.3 is 0 Å². The van der Waals surface area contributed by atoms with Gasteiger partial charge in [-0.15, -0.1) is 0 Å². The molecule has 0 radical (unpaired) electrons. The van der Waals surface area contributed by atoms with Crippen molar-refractivity contribution in [3.63, 3.8) is 0 Å². The number of fused-ring (bicyclic) bond motifs is 2. The molecule has 1 aromatic heterocycles. The molecule has 3 heteroatoms. The van der Waals surface area contributed by atoms with E-state index in [4.69, 9.17) is 0 Å². The summed E-state index contributed by atoms with van der Waals surface area (Å²) in [6.07, 6.45) is 2.30. The van der Waals surface area contributed by atoms with Gasteiger partial charge in [0.2, 0.25) is 0 Å². The summed E-state index contributed by atoms with van der Waals surface area (Å²) in [5.41, 5.74) is 7.46. The van der Waals surface area contributed by atoms with Crippen molar-refractivity contribution in [2.75, 3.05) is 20.6 Å². The lowest BCUT2D eigenvalue weighted by atomic mass is 10.0. The molecule has 3 nitrogen and oxygen atoms in total. The molecule has 0 bridgehead atoms. The van der Waals surface area contributed by atoms with Crippen LogP contribution in [0, 0.1) is 6.92 Å². The van der Waals surface area contributed by atoms with Crippen LogP contribution in [-0.2, 0) is 26.1 Å². The number of rotatable bonds is 5. The van der Waals surface area contributed by atoms with Crippen LogP contribution < -0.4 is 5.32 Å². The van der Waals surface area contributed by atoms with Gasteiger partial charge in [0.15, 0.2) is 0 Å². The highest BCUT2D eigenvalue weighted by molar-refractivity contribution is 5.87. The van der Waals surface area contributed by atoms with Crippen LogP contribution in [0.15, 0.2) is 12.1 Å². The van der Waals surface area contributed by atoms with Crippen LogP contribution in [0.3, 0.4) is 0 Å². The number of hydrogen-bond acceptors (Lipinski definition) is 2. The molecule has 21 heavy (non-hydrogen) atoms. The predicted octanol–water partition coefficient (Wildman–Crippen LogP) is 3.07. The third-order valence-electron chi connectivity index (χ3n) is 4.73. The first-order chi connectivity index (χ1) is 10.2. The van der Waals surface area contributed by atoms with E-state index in [1.165, 1.54) is 39.7 Å². The Bertz CT molecular complexity index is 654. The number of benzene rings is 1. The molecule has 0 fully saturated rings. The monoisotopic (exact) mass is 285 g/mol. The standard InChI is InChI=1S/C18H27N3/c1-5-8-21-13(2)16(6-7-19-3)17-9-14-11-20(4)12-15(14)10-18(17)21/h9-10,19H,5-8,11-12H2,1-4H3. The van der Waals surface area contributed by atoms with Gasteiger partial charge < -0.3 is 9.88 Å². The zero-order valence-electron chi connectivity index (χ0n) is 13.8. The first-order valence-corrected chi connectivity index (χ1v) is 8.12. The van der Waals surface area contributed by atoms with Crippen LogP contribution in [0.25, 0.3) is 10.9 Å². The van der Waals surface area contributed by atoms with E-state index in [1.54, 1.807) is 0 Å². The van der Waals surface area contributed by atoms with E-state index in [0.29, 0.717) is 0 Å². The number of likely N-dealkylation sites (N-methyl/N-ethyl adjacent to an activating group) is 1. The first kappa shape index (κ1) is 14.6. The van der Waals surface area contributed by atoms with Crippen molar-refractivity contribution in [2.24, 2.45) is 0 Å². The Morgan fingerprint density at radius 3 is 2.57 bits per heavy atom. The number of nitrogens with zero attached hydrogens (tertiary/aromatic N) is 2. The summed E-state index contributed by atoms with van der Waals surface area (Å²) in [6.45, 7) is 8.90. The second-order valence-electron chi connectivity index (χ2n) is 6.38. The molecule has 0 unspecified atom stereocenters. The number of hydrogen-bond donors (Lipinski definition) is 1. The minimum absolute atomic E-state index is 1.04. The van der Waals surface area contributed by atoms with Crippen molar-refractivity contribution >= 4 is 10.9 Å². The average molecular weight is 285 g/mol. The summed E-state index contributed by atoms with van der Waals surface area (Å²) in [4.78, 5) is 2.40. The quantitative estimate of drug-likeness (QED) is 0.911. The van der Waals surface area contributed by atoms with Crippen molar-refractivity contribution < 1.29 is 0 Å². The van der Waals surface area contributed by atoms with Gasteiger partial charge in [-0.1, -0.05) is 6.92 Å². The summed E-state index contributed by atoms with van der Waals surface area (Å²) < 4.78 is 2.53.